The average Bonchev–Trinajstić information content (AvgIpc) is 3.49. The number of piperidine rings is 1. The Bertz CT molecular complexity index is 1340. The van der Waals surface area contributed by atoms with Gasteiger partial charge in [0.15, 0.2) is 0 Å². The van der Waals surface area contributed by atoms with E-state index in [0.717, 1.165) is 54.7 Å². The molecule has 6 rings (SSSR count). The summed E-state index contributed by atoms with van der Waals surface area (Å²) in [5.74, 6) is 0.690. The van der Waals surface area contributed by atoms with E-state index in [1.807, 2.05) is 18.3 Å². The Morgan fingerprint density at radius 1 is 1.28 bits per heavy atom. The van der Waals surface area contributed by atoms with Gasteiger partial charge in [0.25, 0.3) is 5.56 Å². The highest BCUT2D eigenvalue weighted by atomic mass is 32.2. The van der Waals surface area contributed by atoms with E-state index in [9.17, 15) is 9.35 Å². The van der Waals surface area contributed by atoms with Crippen molar-refractivity contribution in [1.29, 1.82) is 0 Å². The van der Waals surface area contributed by atoms with Gasteiger partial charge >= 0.3 is 0 Å². The molecule has 3 aliphatic heterocycles. The second-order valence-corrected chi connectivity index (χ2v) is 13.4. The standard InChI is InChI=1S/C25H32N6O3S2/c1-4-24(2)13-17-20(29-36(24)33)25(15-34-17)7-11-31(12-8-25)23-28-14-19(22(32)30(23)3)35-18-6-10-27-21-16(18)5-9-26-21/h5-6,9-10,14,17,20,29H,4,7-8,11-13,15H2,1-3H3,(H,26,27)/t17-,20+,24?,36+/m0/s1. The van der Waals surface area contributed by atoms with Crippen molar-refractivity contribution in [2.24, 2.45) is 12.5 Å². The summed E-state index contributed by atoms with van der Waals surface area (Å²) in [7, 11) is 1.80. The third-order valence-electron chi connectivity index (χ3n) is 8.47. The van der Waals surface area contributed by atoms with Crippen molar-refractivity contribution in [3.05, 3.63) is 41.1 Å². The molecule has 192 valence electrons. The molecule has 9 nitrogen and oxygen atoms in total. The maximum atomic E-state index is 13.3. The van der Waals surface area contributed by atoms with Crippen molar-refractivity contribution in [1.82, 2.24) is 24.2 Å². The van der Waals surface area contributed by atoms with Crippen LogP contribution < -0.4 is 15.2 Å². The molecular weight excluding hydrogens is 496 g/mol. The van der Waals surface area contributed by atoms with Gasteiger partial charge in [0.1, 0.15) is 10.4 Å². The van der Waals surface area contributed by atoms with Crippen LogP contribution in [0.3, 0.4) is 0 Å². The van der Waals surface area contributed by atoms with Crippen molar-refractivity contribution in [2.75, 3.05) is 24.6 Å². The van der Waals surface area contributed by atoms with E-state index in [4.69, 9.17) is 9.72 Å². The topological polar surface area (TPSA) is 111 Å². The van der Waals surface area contributed by atoms with Gasteiger partial charge in [-0.2, -0.15) is 0 Å². The summed E-state index contributed by atoms with van der Waals surface area (Å²) >= 11 is 0.350. The van der Waals surface area contributed by atoms with E-state index in [2.05, 4.69) is 33.4 Å². The molecule has 11 heteroatoms. The number of H-pyrrole nitrogens is 1. The number of aromatic amines is 1. The molecule has 0 radical (unpaired) electrons. The van der Waals surface area contributed by atoms with Crippen molar-refractivity contribution in [3.63, 3.8) is 0 Å². The number of pyridine rings is 1. The van der Waals surface area contributed by atoms with Gasteiger partial charge in [-0.15, -0.1) is 4.72 Å². The SMILES string of the molecule is CCC1(C)C[C@@H]2OCC3(CCN(c4ncc(Sc5ccnc6[nH]ccc56)c(=O)n4C)CC3)[C@@H]2N[S@+]1[O-]. The van der Waals surface area contributed by atoms with Gasteiger partial charge < -0.3 is 19.2 Å². The maximum Gasteiger partial charge on any atom is 0.268 e. The minimum Gasteiger partial charge on any atom is -0.598 e. The van der Waals surface area contributed by atoms with Gasteiger partial charge in [-0.25, -0.2) is 9.97 Å². The third kappa shape index (κ3) is 3.87. The zero-order valence-electron chi connectivity index (χ0n) is 20.8. The van der Waals surface area contributed by atoms with Crippen LogP contribution in [0.15, 0.2) is 45.3 Å². The molecule has 0 saturated carbocycles. The molecule has 36 heavy (non-hydrogen) atoms. The number of nitrogens with one attached hydrogen (secondary N) is 2. The molecule has 0 amide bonds. The molecule has 3 fully saturated rings. The van der Waals surface area contributed by atoms with Crippen LogP contribution in [0.2, 0.25) is 0 Å². The lowest BCUT2D eigenvalue weighted by molar-refractivity contribution is 0.0728. The molecule has 3 aromatic heterocycles. The monoisotopic (exact) mass is 528 g/mol. The van der Waals surface area contributed by atoms with Crippen LogP contribution in [-0.2, 0) is 23.1 Å². The summed E-state index contributed by atoms with van der Waals surface area (Å²) in [4.78, 5) is 29.2. The van der Waals surface area contributed by atoms with Gasteiger partial charge in [-0.1, -0.05) is 18.7 Å². The van der Waals surface area contributed by atoms with Crippen molar-refractivity contribution in [2.45, 2.75) is 66.2 Å². The Hall–Kier alpha value is -2.05. The zero-order chi connectivity index (χ0) is 25.1. The molecule has 3 aromatic rings. The second kappa shape index (κ2) is 9.05. The molecule has 3 saturated heterocycles. The van der Waals surface area contributed by atoms with Crippen LogP contribution in [-0.4, -0.2) is 60.7 Å². The molecule has 4 atom stereocenters. The van der Waals surface area contributed by atoms with Crippen LogP contribution in [0, 0.1) is 5.41 Å². The van der Waals surface area contributed by atoms with E-state index in [1.165, 1.54) is 11.8 Å². The van der Waals surface area contributed by atoms with Crippen LogP contribution in [0.4, 0.5) is 5.95 Å². The second-order valence-electron chi connectivity index (χ2n) is 10.5. The lowest BCUT2D eigenvalue weighted by Gasteiger charge is -2.47. The molecule has 1 unspecified atom stereocenters. The third-order valence-corrected chi connectivity index (χ3v) is 11.4. The lowest BCUT2D eigenvalue weighted by atomic mass is 9.72. The molecule has 6 heterocycles. The van der Waals surface area contributed by atoms with Crippen LogP contribution in [0.25, 0.3) is 11.0 Å². The predicted molar refractivity (Wildman–Crippen MR) is 142 cm³/mol. The average molecular weight is 529 g/mol. The molecule has 3 aliphatic rings. The first-order chi connectivity index (χ1) is 17.3. The summed E-state index contributed by atoms with van der Waals surface area (Å²) in [6, 6.07) is 4.00. The lowest BCUT2D eigenvalue weighted by Crippen LogP contribution is -2.63. The van der Waals surface area contributed by atoms with Gasteiger partial charge in [0.2, 0.25) is 5.95 Å². The minimum absolute atomic E-state index is 0.0240. The number of rotatable bonds is 4. The Morgan fingerprint density at radius 2 is 2.08 bits per heavy atom. The minimum atomic E-state index is -1.07. The first-order valence-electron chi connectivity index (χ1n) is 12.5. The highest BCUT2D eigenvalue weighted by Crippen LogP contribution is 2.48. The number of anilines is 1. The van der Waals surface area contributed by atoms with E-state index in [-0.39, 0.29) is 27.9 Å². The van der Waals surface area contributed by atoms with E-state index in [1.54, 1.807) is 24.0 Å². The van der Waals surface area contributed by atoms with Gasteiger partial charge in [-0.05, 0) is 38.3 Å². The fraction of sp³-hybridized carbons (Fsp3) is 0.560. The highest BCUT2D eigenvalue weighted by Gasteiger charge is 2.59. The molecule has 0 bridgehead atoms. The molecule has 1 spiro atoms. The summed E-state index contributed by atoms with van der Waals surface area (Å²) in [5.41, 5.74) is 0.722. The largest absolute Gasteiger partial charge is 0.598 e. The molecule has 0 aliphatic carbocycles. The zero-order valence-corrected chi connectivity index (χ0v) is 22.5. The smallest absolute Gasteiger partial charge is 0.268 e. The number of hydrogen-bond acceptors (Lipinski definition) is 8. The van der Waals surface area contributed by atoms with Gasteiger partial charge in [0.05, 0.1) is 29.8 Å². The Kier molecular flexibility index (Phi) is 6.11. The van der Waals surface area contributed by atoms with Crippen LogP contribution in [0.1, 0.15) is 39.5 Å². The van der Waals surface area contributed by atoms with Crippen molar-refractivity contribution >= 4 is 40.1 Å². The summed E-state index contributed by atoms with van der Waals surface area (Å²) in [5, 5.41) is 0.989. The summed E-state index contributed by atoms with van der Waals surface area (Å²) in [6.45, 7) is 6.46. The Morgan fingerprint density at radius 3 is 2.86 bits per heavy atom. The van der Waals surface area contributed by atoms with Crippen molar-refractivity contribution in [3.8, 4) is 0 Å². The number of fused-ring (bicyclic) bond motifs is 3. The van der Waals surface area contributed by atoms with E-state index < -0.39 is 11.4 Å². The van der Waals surface area contributed by atoms with Gasteiger partial charge in [0, 0.05) is 66.0 Å². The quantitative estimate of drug-likeness (QED) is 0.497. The van der Waals surface area contributed by atoms with Crippen LogP contribution >= 0.6 is 11.8 Å². The fourth-order valence-electron chi connectivity index (χ4n) is 5.89. The van der Waals surface area contributed by atoms with E-state index in [0.29, 0.717) is 17.5 Å². The molecule has 0 aromatic carbocycles. The molecule has 2 N–H and O–H groups in total. The number of hydrogen-bond donors (Lipinski definition) is 2. The number of ether oxygens (including phenoxy) is 1. The normalized spacial score (nSPS) is 29.7. The van der Waals surface area contributed by atoms with Crippen LogP contribution in [0.5, 0.6) is 0 Å². The first-order valence-corrected chi connectivity index (χ1v) is 14.5. The summed E-state index contributed by atoms with van der Waals surface area (Å²) < 4.78 is 24.1. The van der Waals surface area contributed by atoms with Gasteiger partial charge in [-0.3, -0.25) is 9.36 Å². The van der Waals surface area contributed by atoms with Crippen molar-refractivity contribution < 1.29 is 9.29 Å². The molecular formula is C25H32N6O3S2. The fourth-order valence-corrected chi connectivity index (χ4v) is 8.36. The first kappa shape index (κ1) is 24.3. The van der Waals surface area contributed by atoms with E-state index >= 15 is 0 Å². The number of aromatic nitrogens is 4. The highest BCUT2D eigenvalue weighted by molar-refractivity contribution is 7.99. The Balaban J connectivity index is 1.18. The Labute approximate surface area is 217 Å². The number of nitrogens with zero attached hydrogens (tertiary/aromatic N) is 4. The summed E-state index contributed by atoms with van der Waals surface area (Å²) in [6.07, 6.45) is 8.92. The predicted octanol–water partition coefficient (Wildman–Crippen LogP) is 2.99. The maximum absolute atomic E-state index is 13.3.